The highest BCUT2D eigenvalue weighted by molar-refractivity contribution is 5.94. The summed E-state index contributed by atoms with van der Waals surface area (Å²) >= 11 is 0. The molecule has 0 bridgehead atoms. The molecule has 0 radical (unpaired) electrons. The molecule has 4 unspecified atom stereocenters. The van der Waals surface area contributed by atoms with E-state index in [-0.39, 0.29) is 38.2 Å². The van der Waals surface area contributed by atoms with Gasteiger partial charge in [0, 0.05) is 13.0 Å². The Morgan fingerprint density at radius 1 is 0.829 bits per heavy atom. The number of carboxylic acid groups (broad SMARTS) is 1. The van der Waals surface area contributed by atoms with E-state index in [2.05, 4.69) is 20.9 Å². The summed E-state index contributed by atoms with van der Waals surface area (Å²) in [5, 5.41) is 16.5. The number of nitrogens with one attached hydrogen (secondary N) is 3. The fourth-order valence-electron chi connectivity index (χ4n) is 2.89. The van der Waals surface area contributed by atoms with Crippen LogP contribution in [0.25, 0.3) is 0 Å². The summed E-state index contributed by atoms with van der Waals surface area (Å²) in [4.78, 5) is 63.9. The number of primary amides is 1. The lowest BCUT2D eigenvalue weighted by Gasteiger charge is -2.24. The summed E-state index contributed by atoms with van der Waals surface area (Å²) in [6.45, 7) is 1.84. The highest BCUT2D eigenvalue weighted by Gasteiger charge is 2.29. The van der Waals surface area contributed by atoms with Crippen molar-refractivity contribution in [1.29, 1.82) is 0 Å². The third-order valence-corrected chi connectivity index (χ3v) is 4.93. The van der Waals surface area contributed by atoms with Gasteiger partial charge in [-0.15, -0.1) is 0 Å². The minimum absolute atomic E-state index is 0.00120. The molecule has 4 atom stereocenters. The van der Waals surface area contributed by atoms with Crippen LogP contribution in [0.5, 0.6) is 0 Å². The second-order valence-corrected chi connectivity index (χ2v) is 8.04. The molecule has 0 aromatic carbocycles. The molecule has 0 aromatic rings. The van der Waals surface area contributed by atoms with Gasteiger partial charge >= 0.3 is 5.97 Å². The molecule has 35 heavy (non-hydrogen) atoms. The summed E-state index contributed by atoms with van der Waals surface area (Å²) in [5.41, 5.74) is 26.9. The van der Waals surface area contributed by atoms with Gasteiger partial charge < -0.3 is 49.7 Å². The van der Waals surface area contributed by atoms with Crippen LogP contribution >= 0.6 is 0 Å². The Bertz CT molecular complexity index is 757. The number of carboxylic acids is 1. The first-order valence-corrected chi connectivity index (χ1v) is 11.3. The van der Waals surface area contributed by atoms with Crippen LogP contribution in [0, 0.1) is 0 Å². The Morgan fingerprint density at radius 3 is 1.89 bits per heavy atom. The molecule has 0 rings (SSSR count). The van der Waals surface area contributed by atoms with Gasteiger partial charge in [-0.25, -0.2) is 0 Å². The van der Waals surface area contributed by atoms with Gasteiger partial charge in [-0.3, -0.25) is 29.0 Å². The molecule has 0 saturated carbocycles. The van der Waals surface area contributed by atoms with E-state index in [4.69, 9.17) is 33.8 Å². The van der Waals surface area contributed by atoms with Gasteiger partial charge in [-0.2, -0.15) is 0 Å². The Labute approximate surface area is 204 Å². The van der Waals surface area contributed by atoms with Crippen molar-refractivity contribution < 1.29 is 29.1 Å². The monoisotopic (exact) mass is 501 g/mol. The predicted octanol–water partition coefficient (Wildman–Crippen LogP) is -3.68. The van der Waals surface area contributed by atoms with Crippen molar-refractivity contribution in [2.24, 2.45) is 33.7 Å². The SMILES string of the molecule is CC(NC(=O)C(CCCN=C(N)N)NC(=O)C(CCCCN)NC(=O)C(N)CCC(N)=O)C(=O)O. The van der Waals surface area contributed by atoms with Crippen molar-refractivity contribution in [3.05, 3.63) is 0 Å². The summed E-state index contributed by atoms with van der Waals surface area (Å²) in [6, 6.07) is -4.42. The van der Waals surface area contributed by atoms with Gasteiger partial charge in [-0.1, -0.05) is 0 Å². The molecule has 0 saturated heterocycles. The molecule has 0 heterocycles. The van der Waals surface area contributed by atoms with Crippen LogP contribution < -0.4 is 44.6 Å². The standard InChI is InChI=1S/C20H39N9O6/c1-11(19(34)35)27-17(32)14(6-4-10-26-20(24)25)29-18(33)13(5-2-3-9-21)28-16(31)12(22)7-8-15(23)30/h11-14H,2-10,21-22H2,1H3,(H2,23,30)(H,27,32)(H,28,31)(H,29,33)(H,34,35)(H4,24,25,26). The van der Waals surface area contributed by atoms with Crippen LogP contribution in [0.4, 0.5) is 0 Å². The smallest absolute Gasteiger partial charge is 0.325 e. The summed E-state index contributed by atoms with van der Waals surface area (Å²) in [6.07, 6.45) is 1.61. The normalized spacial score (nSPS) is 14.0. The highest BCUT2D eigenvalue weighted by Crippen LogP contribution is 2.06. The molecule has 14 N–H and O–H groups in total. The molecule has 0 aliphatic carbocycles. The van der Waals surface area contributed by atoms with Gasteiger partial charge in [0.2, 0.25) is 23.6 Å². The van der Waals surface area contributed by atoms with Crippen LogP contribution in [0.2, 0.25) is 0 Å². The number of guanidine groups is 1. The molecule has 4 amide bonds. The molecular formula is C20H39N9O6. The van der Waals surface area contributed by atoms with Crippen LogP contribution in [0.3, 0.4) is 0 Å². The average Bonchev–Trinajstić information content (AvgIpc) is 2.78. The van der Waals surface area contributed by atoms with Crippen LogP contribution in [0.1, 0.15) is 51.9 Å². The number of hydrogen-bond acceptors (Lipinski definition) is 8. The topological polar surface area (TPSA) is 284 Å². The lowest BCUT2D eigenvalue weighted by molar-refractivity contribution is -0.141. The number of nitrogens with two attached hydrogens (primary N) is 5. The molecule has 0 aliphatic rings. The second kappa shape index (κ2) is 17.0. The summed E-state index contributed by atoms with van der Waals surface area (Å²) in [5.74, 6) is -4.04. The first kappa shape index (κ1) is 31.5. The van der Waals surface area contributed by atoms with Crippen molar-refractivity contribution in [2.45, 2.75) is 76.0 Å². The van der Waals surface area contributed by atoms with E-state index in [1.165, 1.54) is 6.92 Å². The average molecular weight is 502 g/mol. The first-order chi connectivity index (χ1) is 16.4. The molecule has 0 aliphatic heterocycles. The maximum absolute atomic E-state index is 13.0. The van der Waals surface area contributed by atoms with Crippen molar-refractivity contribution >= 4 is 35.6 Å². The highest BCUT2D eigenvalue weighted by atomic mass is 16.4. The zero-order valence-corrected chi connectivity index (χ0v) is 20.0. The predicted molar refractivity (Wildman–Crippen MR) is 128 cm³/mol. The molecule has 15 nitrogen and oxygen atoms in total. The number of carbonyl (C=O) groups excluding carboxylic acids is 4. The Hall–Kier alpha value is -3.46. The van der Waals surface area contributed by atoms with Crippen molar-refractivity contribution in [1.82, 2.24) is 16.0 Å². The molecule has 200 valence electrons. The minimum atomic E-state index is -1.25. The van der Waals surface area contributed by atoms with Crippen LogP contribution in [-0.4, -0.2) is 77.9 Å². The zero-order chi connectivity index (χ0) is 27.0. The third-order valence-electron chi connectivity index (χ3n) is 4.93. The van der Waals surface area contributed by atoms with E-state index in [9.17, 15) is 24.0 Å². The number of rotatable bonds is 18. The van der Waals surface area contributed by atoms with Gasteiger partial charge in [0.25, 0.3) is 0 Å². The van der Waals surface area contributed by atoms with Gasteiger partial charge in [-0.05, 0) is 52.0 Å². The molecule has 0 spiro atoms. The number of aliphatic imine (C=N–C) groups is 1. The number of nitrogens with zero attached hydrogens (tertiary/aromatic N) is 1. The largest absolute Gasteiger partial charge is 0.480 e. The summed E-state index contributed by atoms with van der Waals surface area (Å²) in [7, 11) is 0. The molecule has 0 aromatic heterocycles. The lowest BCUT2D eigenvalue weighted by atomic mass is 10.0. The zero-order valence-electron chi connectivity index (χ0n) is 20.0. The quantitative estimate of drug-likeness (QED) is 0.0503. The van der Waals surface area contributed by atoms with E-state index in [1.807, 2.05) is 0 Å². The number of amides is 4. The lowest BCUT2D eigenvalue weighted by Crippen LogP contribution is -2.56. The Morgan fingerprint density at radius 2 is 1.37 bits per heavy atom. The third kappa shape index (κ3) is 14.4. The summed E-state index contributed by atoms with van der Waals surface area (Å²) < 4.78 is 0. The van der Waals surface area contributed by atoms with E-state index in [1.54, 1.807) is 0 Å². The van der Waals surface area contributed by atoms with E-state index in [0.717, 1.165) is 0 Å². The van der Waals surface area contributed by atoms with Crippen LogP contribution in [-0.2, 0) is 24.0 Å². The fourth-order valence-corrected chi connectivity index (χ4v) is 2.89. The van der Waals surface area contributed by atoms with Gasteiger partial charge in [0.05, 0.1) is 6.04 Å². The van der Waals surface area contributed by atoms with Crippen molar-refractivity contribution in [3.8, 4) is 0 Å². The van der Waals surface area contributed by atoms with Crippen molar-refractivity contribution in [2.75, 3.05) is 13.1 Å². The molecule has 15 heteroatoms. The fraction of sp³-hybridized carbons (Fsp3) is 0.700. The molecule has 0 fully saturated rings. The maximum Gasteiger partial charge on any atom is 0.325 e. The van der Waals surface area contributed by atoms with E-state index >= 15 is 0 Å². The van der Waals surface area contributed by atoms with E-state index in [0.29, 0.717) is 25.8 Å². The molecular weight excluding hydrogens is 462 g/mol. The second-order valence-electron chi connectivity index (χ2n) is 8.04. The van der Waals surface area contributed by atoms with Gasteiger partial charge in [0.1, 0.15) is 18.1 Å². The maximum atomic E-state index is 13.0. The Balaban J connectivity index is 5.44. The minimum Gasteiger partial charge on any atom is -0.480 e. The number of unbranched alkanes of at least 4 members (excludes halogenated alkanes) is 1. The van der Waals surface area contributed by atoms with Gasteiger partial charge in [0.15, 0.2) is 5.96 Å². The van der Waals surface area contributed by atoms with Crippen LogP contribution in [0.15, 0.2) is 4.99 Å². The first-order valence-electron chi connectivity index (χ1n) is 11.3. The van der Waals surface area contributed by atoms with E-state index < -0.39 is 53.8 Å². The number of carbonyl (C=O) groups is 5. The number of hydrogen-bond donors (Lipinski definition) is 9. The van der Waals surface area contributed by atoms with Crippen molar-refractivity contribution in [3.63, 3.8) is 0 Å². The Kier molecular flexibility index (Phi) is 15.4. The number of aliphatic carboxylic acids is 1.